The van der Waals surface area contributed by atoms with Gasteiger partial charge in [-0.1, -0.05) is 17.8 Å². The number of nitrogens with two attached hydrogens (primary N) is 2. The van der Waals surface area contributed by atoms with Gasteiger partial charge in [0, 0.05) is 24.5 Å². The Labute approximate surface area is 142 Å². The standard InChI is InChI=1S/C14H17N9S/c1-24-14-21-11-10(7-18-12(15)16)8-20-23(11)13(22-14)19-6-9-3-2-4-17-5-9/h2-5,8H,6-7H2,1H3,(H4,15,16,18)(H,19,21,22). The summed E-state index contributed by atoms with van der Waals surface area (Å²) in [7, 11) is 0. The number of aliphatic imine (C=N–C) groups is 1. The number of anilines is 1. The van der Waals surface area contributed by atoms with Crippen molar-refractivity contribution in [2.45, 2.75) is 18.2 Å². The van der Waals surface area contributed by atoms with Crippen LogP contribution in [-0.4, -0.2) is 36.8 Å². The monoisotopic (exact) mass is 343 g/mol. The quantitative estimate of drug-likeness (QED) is 0.337. The molecule has 3 rings (SSSR count). The second kappa shape index (κ2) is 7.13. The lowest BCUT2D eigenvalue weighted by molar-refractivity contribution is 0.829. The number of pyridine rings is 1. The molecule has 0 unspecified atom stereocenters. The SMILES string of the molecule is CSc1nc(NCc2cccnc2)n2ncc(CN=C(N)N)c2n1. The summed E-state index contributed by atoms with van der Waals surface area (Å²) in [5.41, 5.74) is 13.3. The van der Waals surface area contributed by atoms with Crippen LogP contribution in [0, 0.1) is 0 Å². The Hall–Kier alpha value is -2.88. The number of thioether (sulfide) groups is 1. The average Bonchev–Trinajstić information content (AvgIpc) is 3.01. The van der Waals surface area contributed by atoms with Crippen LogP contribution < -0.4 is 16.8 Å². The van der Waals surface area contributed by atoms with Gasteiger partial charge in [-0.15, -0.1) is 0 Å². The molecule has 24 heavy (non-hydrogen) atoms. The molecule has 3 heterocycles. The minimum absolute atomic E-state index is 0.0309. The number of guanidine groups is 1. The van der Waals surface area contributed by atoms with E-state index in [2.05, 4.69) is 30.4 Å². The van der Waals surface area contributed by atoms with Crippen molar-refractivity contribution >= 4 is 29.3 Å². The molecule has 3 aromatic heterocycles. The molecule has 0 aliphatic carbocycles. The molecule has 0 saturated carbocycles. The molecule has 0 radical (unpaired) electrons. The highest BCUT2D eigenvalue weighted by atomic mass is 32.2. The molecule has 0 fully saturated rings. The van der Waals surface area contributed by atoms with Crippen LogP contribution in [0.3, 0.4) is 0 Å². The van der Waals surface area contributed by atoms with E-state index in [1.54, 1.807) is 23.1 Å². The first-order valence-corrected chi connectivity index (χ1v) is 8.36. The fourth-order valence-corrected chi connectivity index (χ4v) is 2.44. The highest BCUT2D eigenvalue weighted by molar-refractivity contribution is 7.98. The van der Waals surface area contributed by atoms with Crippen LogP contribution in [0.1, 0.15) is 11.1 Å². The molecule has 124 valence electrons. The van der Waals surface area contributed by atoms with Gasteiger partial charge in [0.2, 0.25) is 5.95 Å². The largest absolute Gasteiger partial charge is 0.370 e. The molecular formula is C14H17N9S. The lowest BCUT2D eigenvalue weighted by Crippen LogP contribution is -2.22. The summed E-state index contributed by atoms with van der Waals surface area (Å²) < 4.78 is 1.65. The van der Waals surface area contributed by atoms with E-state index in [1.807, 2.05) is 18.4 Å². The lowest BCUT2D eigenvalue weighted by Gasteiger charge is -2.08. The lowest BCUT2D eigenvalue weighted by atomic mass is 10.3. The van der Waals surface area contributed by atoms with Gasteiger partial charge in [0.05, 0.1) is 12.7 Å². The number of fused-ring (bicyclic) bond motifs is 1. The van der Waals surface area contributed by atoms with Crippen molar-refractivity contribution in [1.29, 1.82) is 0 Å². The Morgan fingerprint density at radius 3 is 2.92 bits per heavy atom. The van der Waals surface area contributed by atoms with Crippen LogP contribution in [0.4, 0.5) is 5.95 Å². The minimum atomic E-state index is 0.0309. The number of hydrogen-bond acceptors (Lipinski definition) is 7. The first-order chi connectivity index (χ1) is 11.7. The van der Waals surface area contributed by atoms with Crippen LogP contribution in [0.15, 0.2) is 40.9 Å². The van der Waals surface area contributed by atoms with Crippen LogP contribution in [0.2, 0.25) is 0 Å². The van der Waals surface area contributed by atoms with E-state index in [4.69, 9.17) is 11.5 Å². The smallest absolute Gasteiger partial charge is 0.228 e. The number of aromatic nitrogens is 5. The Morgan fingerprint density at radius 1 is 1.33 bits per heavy atom. The van der Waals surface area contributed by atoms with E-state index >= 15 is 0 Å². The molecule has 5 N–H and O–H groups in total. The van der Waals surface area contributed by atoms with Crippen LogP contribution >= 0.6 is 11.8 Å². The van der Waals surface area contributed by atoms with Gasteiger partial charge in [0.25, 0.3) is 0 Å². The zero-order valence-corrected chi connectivity index (χ0v) is 13.9. The molecular weight excluding hydrogens is 326 g/mol. The van der Waals surface area contributed by atoms with E-state index in [0.29, 0.717) is 29.8 Å². The van der Waals surface area contributed by atoms with Crippen molar-refractivity contribution < 1.29 is 0 Å². The summed E-state index contributed by atoms with van der Waals surface area (Å²) in [6, 6.07) is 3.88. The second-order valence-corrected chi connectivity index (χ2v) is 5.67. The molecule has 0 bridgehead atoms. The van der Waals surface area contributed by atoms with Crippen molar-refractivity contribution in [3.63, 3.8) is 0 Å². The fourth-order valence-electron chi connectivity index (χ4n) is 2.08. The summed E-state index contributed by atoms with van der Waals surface area (Å²) in [6.07, 6.45) is 7.15. The van der Waals surface area contributed by atoms with Gasteiger partial charge in [0.15, 0.2) is 16.8 Å². The third-order valence-electron chi connectivity index (χ3n) is 3.21. The number of rotatable bonds is 6. The molecule has 0 aliphatic rings. The Balaban J connectivity index is 1.93. The van der Waals surface area contributed by atoms with E-state index < -0.39 is 0 Å². The normalized spacial score (nSPS) is 10.7. The van der Waals surface area contributed by atoms with Gasteiger partial charge < -0.3 is 16.8 Å². The van der Waals surface area contributed by atoms with Crippen molar-refractivity contribution in [2.24, 2.45) is 16.5 Å². The maximum atomic E-state index is 5.40. The number of nitrogens with one attached hydrogen (secondary N) is 1. The van der Waals surface area contributed by atoms with Crippen molar-refractivity contribution in [3.8, 4) is 0 Å². The molecule has 0 amide bonds. The first-order valence-electron chi connectivity index (χ1n) is 7.14. The highest BCUT2D eigenvalue weighted by Crippen LogP contribution is 2.18. The predicted molar refractivity (Wildman–Crippen MR) is 93.6 cm³/mol. The minimum Gasteiger partial charge on any atom is -0.370 e. The van der Waals surface area contributed by atoms with Gasteiger partial charge in [-0.2, -0.15) is 14.6 Å². The maximum Gasteiger partial charge on any atom is 0.228 e. The van der Waals surface area contributed by atoms with Gasteiger partial charge in [0.1, 0.15) is 0 Å². The summed E-state index contributed by atoms with van der Waals surface area (Å²) in [6.45, 7) is 0.898. The van der Waals surface area contributed by atoms with Crippen molar-refractivity contribution in [1.82, 2.24) is 24.6 Å². The zero-order chi connectivity index (χ0) is 16.9. The van der Waals surface area contributed by atoms with E-state index in [9.17, 15) is 0 Å². The molecule has 0 spiro atoms. The van der Waals surface area contributed by atoms with Crippen molar-refractivity contribution in [3.05, 3.63) is 41.9 Å². The number of nitrogens with zero attached hydrogens (tertiary/aromatic N) is 6. The third kappa shape index (κ3) is 3.54. The molecule has 3 aromatic rings. The summed E-state index contributed by atoms with van der Waals surface area (Å²) >= 11 is 1.46. The molecule has 0 aromatic carbocycles. The second-order valence-electron chi connectivity index (χ2n) is 4.90. The van der Waals surface area contributed by atoms with E-state index in [0.717, 1.165) is 11.1 Å². The van der Waals surface area contributed by atoms with Crippen LogP contribution in [-0.2, 0) is 13.1 Å². The zero-order valence-electron chi connectivity index (χ0n) is 13.0. The highest BCUT2D eigenvalue weighted by Gasteiger charge is 2.12. The van der Waals surface area contributed by atoms with Gasteiger partial charge in [-0.25, -0.2) is 9.98 Å². The van der Waals surface area contributed by atoms with E-state index in [-0.39, 0.29) is 5.96 Å². The summed E-state index contributed by atoms with van der Waals surface area (Å²) in [5, 5.41) is 8.25. The summed E-state index contributed by atoms with van der Waals surface area (Å²) in [5.74, 6) is 0.632. The van der Waals surface area contributed by atoms with Crippen molar-refractivity contribution in [2.75, 3.05) is 11.6 Å². The molecule has 10 heteroatoms. The average molecular weight is 343 g/mol. The van der Waals surface area contributed by atoms with Crippen LogP contribution in [0.5, 0.6) is 0 Å². The Morgan fingerprint density at radius 2 is 2.21 bits per heavy atom. The van der Waals surface area contributed by atoms with Gasteiger partial charge >= 0.3 is 0 Å². The topological polar surface area (TPSA) is 132 Å². The Bertz CT molecular complexity index is 855. The predicted octanol–water partition coefficient (Wildman–Crippen LogP) is 0.627. The van der Waals surface area contributed by atoms with Crippen LogP contribution in [0.25, 0.3) is 5.65 Å². The number of hydrogen-bond donors (Lipinski definition) is 3. The molecule has 0 atom stereocenters. The van der Waals surface area contributed by atoms with Gasteiger partial charge in [-0.3, -0.25) is 4.98 Å². The van der Waals surface area contributed by atoms with Gasteiger partial charge in [-0.05, 0) is 17.9 Å². The third-order valence-corrected chi connectivity index (χ3v) is 3.76. The summed E-state index contributed by atoms with van der Waals surface area (Å²) in [4.78, 5) is 17.1. The molecule has 0 saturated heterocycles. The maximum absolute atomic E-state index is 5.40. The molecule has 9 nitrogen and oxygen atoms in total. The van der Waals surface area contributed by atoms with E-state index in [1.165, 1.54) is 11.8 Å². The Kier molecular flexibility index (Phi) is 4.75. The fraction of sp³-hybridized carbons (Fsp3) is 0.214. The first kappa shape index (κ1) is 16.0. The molecule has 0 aliphatic heterocycles.